The third kappa shape index (κ3) is 5.54. The van der Waals surface area contributed by atoms with Crippen molar-refractivity contribution in [3.05, 3.63) is 47.8 Å². The molecule has 0 aliphatic carbocycles. The molecule has 0 radical (unpaired) electrons. The number of Topliss-reactive ketones (excluding diaryl/α,β-unsaturated/α-hetero) is 1. The lowest BCUT2D eigenvalue weighted by Gasteiger charge is -2.31. The van der Waals surface area contributed by atoms with Gasteiger partial charge in [-0.25, -0.2) is 13.4 Å². The Morgan fingerprint density at radius 1 is 1.21 bits per heavy atom. The van der Waals surface area contributed by atoms with E-state index < -0.39 is 9.84 Å². The predicted octanol–water partition coefficient (Wildman–Crippen LogP) is 3.16. The number of aromatic nitrogens is 2. The zero-order chi connectivity index (χ0) is 21.0. The van der Waals surface area contributed by atoms with E-state index in [1.807, 2.05) is 48.7 Å². The molecule has 29 heavy (non-hydrogen) atoms. The first-order valence-electron chi connectivity index (χ1n) is 10.3. The average molecular weight is 418 g/mol. The number of benzene rings is 1. The van der Waals surface area contributed by atoms with Gasteiger partial charge in [-0.3, -0.25) is 9.69 Å². The molecule has 7 heteroatoms. The average Bonchev–Trinajstić information content (AvgIpc) is 3.05. The van der Waals surface area contributed by atoms with Gasteiger partial charge in [-0.1, -0.05) is 44.2 Å². The summed E-state index contributed by atoms with van der Waals surface area (Å²) in [5, 5.41) is 0.144. The normalized spacial score (nSPS) is 18.3. The van der Waals surface area contributed by atoms with Crippen LogP contribution in [-0.2, 0) is 27.7 Å². The molecule has 0 unspecified atom stereocenters. The SMILES string of the molecule is CC(=O)[C@@H]1CCCN(Cc2cnc(S(=O)(=O)CC(C)C)n2Cc2ccccc2)C1. The first-order valence-corrected chi connectivity index (χ1v) is 12.0. The molecule has 2 aromatic rings. The largest absolute Gasteiger partial charge is 0.313 e. The molecule has 1 aromatic heterocycles. The highest BCUT2D eigenvalue weighted by atomic mass is 32.2. The number of carbonyl (C=O) groups excluding carboxylic acids is 1. The Morgan fingerprint density at radius 3 is 2.59 bits per heavy atom. The molecule has 1 aromatic carbocycles. The number of hydrogen-bond donors (Lipinski definition) is 0. The summed E-state index contributed by atoms with van der Waals surface area (Å²) in [4.78, 5) is 18.4. The van der Waals surface area contributed by atoms with Crippen LogP contribution >= 0.6 is 0 Å². The third-order valence-corrected chi connectivity index (χ3v) is 7.37. The quantitative estimate of drug-likeness (QED) is 0.660. The fourth-order valence-corrected chi connectivity index (χ4v) is 5.73. The van der Waals surface area contributed by atoms with Crippen LogP contribution in [0.5, 0.6) is 0 Å². The number of sulfone groups is 1. The van der Waals surface area contributed by atoms with Crippen molar-refractivity contribution in [2.24, 2.45) is 11.8 Å². The summed E-state index contributed by atoms with van der Waals surface area (Å²) in [6.45, 7) is 8.16. The van der Waals surface area contributed by atoms with Crippen molar-refractivity contribution >= 4 is 15.6 Å². The van der Waals surface area contributed by atoms with Crippen LogP contribution in [0.4, 0.5) is 0 Å². The standard InChI is InChI=1S/C22H31N3O3S/c1-17(2)16-29(27,28)22-23-12-21(25(22)13-19-8-5-4-6-9-19)15-24-11-7-10-20(14-24)18(3)26/h4-6,8-9,12,17,20H,7,10-11,13-16H2,1-3H3/t20-/m1/s1. The van der Waals surface area contributed by atoms with Gasteiger partial charge in [-0.2, -0.15) is 0 Å². The predicted molar refractivity (Wildman–Crippen MR) is 113 cm³/mol. The smallest absolute Gasteiger partial charge is 0.228 e. The monoisotopic (exact) mass is 417 g/mol. The molecule has 0 bridgehead atoms. The number of piperidine rings is 1. The van der Waals surface area contributed by atoms with Crippen LogP contribution in [0, 0.1) is 11.8 Å². The minimum Gasteiger partial charge on any atom is -0.313 e. The number of ketones is 1. The molecule has 1 fully saturated rings. The van der Waals surface area contributed by atoms with E-state index in [0.717, 1.165) is 37.2 Å². The van der Waals surface area contributed by atoms with Gasteiger partial charge in [0.1, 0.15) is 5.78 Å². The Kier molecular flexibility index (Phi) is 6.90. The second-order valence-corrected chi connectivity index (χ2v) is 10.4. The van der Waals surface area contributed by atoms with Crippen molar-refractivity contribution in [1.82, 2.24) is 14.5 Å². The van der Waals surface area contributed by atoms with Gasteiger partial charge >= 0.3 is 0 Å². The summed E-state index contributed by atoms with van der Waals surface area (Å²) < 4.78 is 27.8. The highest BCUT2D eigenvalue weighted by molar-refractivity contribution is 7.91. The molecule has 158 valence electrons. The number of rotatable bonds is 8. The minimum atomic E-state index is -3.48. The zero-order valence-corrected chi connectivity index (χ0v) is 18.4. The molecule has 0 spiro atoms. The van der Waals surface area contributed by atoms with Gasteiger partial charge in [0.2, 0.25) is 15.0 Å². The number of imidazole rings is 1. The summed E-state index contributed by atoms with van der Waals surface area (Å²) in [6.07, 6.45) is 3.60. The minimum absolute atomic E-state index is 0.0312. The number of carbonyl (C=O) groups is 1. The summed E-state index contributed by atoms with van der Waals surface area (Å²) in [5.41, 5.74) is 1.91. The van der Waals surface area contributed by atoms with Gasteiger partial charge in [0.25, 0.3) is 0 Å². The molecule has 2 heterocycles. The van der Waals surface area contributed by atoms with E-state index in [1.165, 1.54) is 0 Å². The molecule has 0 N–H and O–H groups in total. The zero-order valence-electron chi connectivity index (χ0n) is 17.5. The maximum absolute atomic E-state index is 13.0. The maximum atomic E-state index is 13.0. The summed E-state index contributed by atoms with van der Waals surface area (Å²) >= 11 is 0. The molecule has 1 saturated heterocycles. The second kappa shape index (κ2) is 9.22. The van der Waals surface area contributed by atoms with Gasteiger partial charge in [-0.05, 0) is 37.8 Å². The Bertz CT molecular complexity index is 935. The van der Waals surface area contributed by atoms with Crippen LogP contribution in [0.1, 0.15) is 44.9 Å². The van der Waals surface area contributed by atoms with Crippen LogP contribution in [0.3, 0.4) is 0 Å². The molecule has 3 rings (SSSR count). The first-order chi connectivity index (χ1) is 13.8. The number of likely N-dealkylation sites (tertiary alicyclic amines) is 1. The molecule has 0 amide bonds. The van der Waals surface area contributed by atoms with E-state index in [9.17, 15) is 13.2 Å². The molecule has 6 nitrogen and oxygen atoms in total. The topological polar surface area (TPSA) is 72.3 Å². The fourth-order valence-electron chi connectivity index (χ4n) is 3.97. The number of nitrogens with zero attached hydrogens (tertiary/aromatic N) is 3. The van der Waals surface area contributed by atoms with Crippen LogP contribution in [-0.4, -0.2) is 47.5 Å². The lowest BCUT2D eigenvalue weighted by molar-refractivity contribution is -0.122. The molecular formula is C22H31N3O3S. The van der Waals surface area contributed by atoms with Gasteiger partial charge in [0, 0.05) is 19.0 Å². The van der Waals surface area contributed by atoms with Crippen LogP contribution < -0.4 is 0 Å². The van der Waals surface area contributed by atoms with Crippen molar-refractivity contribution in [3.63, 3.8) is 0 Å². The third-order valence-electron chi connectivity index (χ3n) is 5.38. The van der Waals surface area contributed by atoms with Crippen molar-refractivity contribution in [1.29, 1.82) is 0 Å². The lowest BCUT2D eigenvalue weighted by Crippen LogP contribution is -2.38. The summed E-state index contributed by atoms with van der Waals surface area (Å²) in [5.74, 6) is 0.406. The van der Waals surface area contributed by atoms with Crippen LogP contribution in [0.25, 0.3) is 0 Å². The van der Waals surface area contributed by atoms with E-state index >= 15 is 0 Å². The Labute approximate surface area is 173 Å². The Morgan fingerprint density at radius 2 is 1.93 bits per heavy atom. The molecule has 1 aliphatic heterocycles. The van der Waals surface area contributed by atoms with E-state index in [1.54, 1.807) is 13.1 Å². The number of hydrogen-bond acceptors (Lipinski definition) is 5. The Hall–Kier alpha value is -1.99. The van der Waals surface area contributed by atoms with Gasteiger partial charge < -0.3 is 4.57 Å². The summed E-state index contributed by atoms with van der Waals surface area (Å²) in [6, 6.07) is 9.85. The second-order valence-electron chi connectivity index (χ2n) is 8.46. The van der Waals surface area contributed by atoms with Gasteiger partial charge in [0.05, 0.1) is 24.2 Å². The van der Waals surface area contributed by atoms with Crippen molar-refractivity contribution in [2.75, 3.05) is 18.8 Å². The van der Waals surface area contributed by atoms with E-state index in [2.05, 4.69) is 9.88 Å². The van der Waals surface area contributed by atoms with E-state index in [4.69, 9.17) is 0 Å². The first kappa shape index (κ1) is 21.7. The Balaban J connectivity index is 1.91. The highest BCUT2D eigenvalue weighted by Crippen LogP contribution is 2.22. The molecular weight excluding hydrogens is 386 g/mol. The maximum Gasteiger partial charge on any atom is 0.228 e. The van der Waals surface area contributed by atoms with Crippen molar-refractivity contribution in [3.8, 4) is 0 Å². The van der Waals surface area contributed by atoms with Crippen LogP contribution in [0.15, 0.2) is 41.7 Å². The molecule has 1 aliphatic rings. The van der Waals surface area contributed by atoms with Crippen LogP contribution in [0.2, 0.25) is 0 Å². The lowest BCUT2D eigenvalue weighted by atomic mass is 9.94. The van der Waals surface area contributed by atoms with Gasteiger partial charge in [-0.15, -0.1) is 0 Å². The van der Waals surface area contributed by atoms with Crippen molar-refractivity contribution < 1.29 is 13.2 Å². The fraction of sp³-hybridized carbons (Fsp3) is 0.545. The van der Waals surface area contributed by atoms with Crippen molar-refractivity contribution in [2.45, 2.75) is 51.9 Å². The highest BCUT2D eigenvalue weighted by Gasteiger charge is 2.27. The molecule has 0 saturated carbocycles. The van der Waals surface area contributed by atoms with E-state index in [-0.39, 0.29) is 28.5 Å². The summed E-state index contributed by atoms with van der Waals surface area (Å²) in [7, 11) is -3.48. The van der Waals surface area contributed by atoms with Gasteiger partial charge in [0.15, 0.2) is 0 Å². The molecule has 1 atom stereocenters. The van der Waals surface area contributed by atoms with E-state index in [0.29, 0.717) is 13.1 Å².